The number of aliphatic carboxylic acids is 1. The second-order valence-corrected chi connectivity index (χ2v) is 3.26. The van der Waals surface area contributed by atoms with Crippen molar-refractivity contribution < 1.29 is 24.5 Å². The zero-order chi connectivity index (χ0) is 12.8. The number of carboxylic acids is 2. The van der Waals surface area contributed by atoms with Gasteiger partial charge in [0.25, 0.3) is 0 Å². The van der Waals surface area contributed by atoms with E-state index in [1.807, 2.05) is 0 Å². The van der Waals surface area contributed by atoms with Crippen LogP contribution in [0.2, 0.25) is 0 Å². The number of carboxylic acid groups (broad SMARTS) is 2. The van der Waals surface area contributed by atoms with Crippen molar-refractivity contribution in [2.75, 3.05) is 7.11 Å². The van der Waals surface area contributed by atoms with Crippen molar-refractivity contribution in [3.05, 3.63) is 35.4 Å². The van der Waals surface area contributed by atoms with Crippen LogP contribution in [0, 0.1) is 0 Å². The average molecular weight is 236 g/mol. The van der Waals surface area contributed by atoms with Crippen molar-refractivity contribution in [3.63, 3.8) is 0 Å². The minimum atomic E-state index is -1.04. The number of benzene rings is 1. The normalized spacial score (nSPS) is 10.4. The van der Waals surface area contributed by atoms with Gasteiger partial charge in [0.05, 0.1) is 19.1 Å². The first-order chi connectivity index (χ1) is 8.04. The molecule has 0 bridgehead atoms. The van der Waals surface area contributed by atoms with Crippen LogP contribution in [-0.4, -0.2) is 29.3 Å². The quantitative estimate of drug-likeness (QED) is 0.815. The SMILES string of the molecule is COc1ccc(C(=O)O)cc1C=CCC(=O)O. The third-order valence-corrected chi connectivity index (χ3v) is 2.07. The molecule has 0 aromatic heterocycles. The molecule has 0 spiro atoms. The summed E-state index contributed by atoms with van der Waals surface area (Å²) in [6.07, 6.45) is 2.84. The van der Waals surface area contributed by atoms with E-state index in [-0.39, 0.29) is 12.0 Å². The van der Waals surface area contributed by atoms with Gasteiger partial charge < -0.3 is 14.9 Å². The highest BCUT2D eigenvalue weighted by atomic mass is 16.5. The first-order valence-electron chi connectivity index (χ1n) is 4.84. The molecule has 2 N–H and O–H groups in total. The van der Waals surface area contributed by atoms with Crippen molar-refractivity contribution in [2.24, 2.45) is 0 Å². The zero-order valence-electron chi connectivity index (χ0n) is 9.21. The number of aromatic carboxylic acids is 1. The Morgan fingerprint density at radius 3 is 2.59 bits per heavy atom. The Morgan fingerprint density at radius 1 is 1.35 bits per heavy atom. The summed E-state index contributed by atoms with van der Waals surface area (Å²) in [5.41, 5.74) is 0.662. The number of rotatable bonds is 5. The summed E-state index contributed by atoms with van der Waals surface area (Å²) < 4.78 is 5.05. The van der Waals surface area contributed by atoms with Crippen LogP contribution >= 0.6 is 0 Å². The van der Waals surface area contributed by atoms with Crippen LogP contribution in [0.3, 0.4) is 0 Å². The maximum Gasteiger partial charge on any atom is 0.335 e. The Bertz CT molecular complexity index is 462. The summed E-state index contributed by atoms with van der Waals surface area (Å²) in [6.45, 7) is 0. The number of hydrogen-bond donors (Lipinski definition) is 2. The Hall–Kier alpha value is -2.30. The number of ether oxygens (including phenoxy) is 1. The molecule has 1 aromatic carbocycles. The Labute approximate surface area is 98.0 Å². The molecule has 90 valence electrons. The lowest BCUT2D eigenvalue weighted by Crippen LogP contribution is -1.97. The molecule has 0 aliphatic carbocycles. The Kier molecular flexibility index (Phi) is 4.28. The van der Waals surface area contributed by atoms with Crippen LogP contribution in [0.4, 0.5) is 0 Å². The molecule has 1 aromatic rings. The van der Waals surface area contributed by atoms with Crippen molar-refractivity contribution in [1.82, 2.24) is 0 Å². The zero-order valence-corrected chi connectivity index (χ0v) is 9.21. The molecule has 17 heavy (non-hydrogen) atoms. The van der Waals surface area contributed by atoms with E-state index in [0.29, 0.717) is 11.3 Å². The van der Waals surface area contributed by atoms with Gasteiger partial charge in [-0.05, 0) is 18.2 Å². The van der Waals surface area contributed by atoms with Crippen LogP contribution in [0.15, 0.2) is 24.3 Å². The molecule has 5 heteroatoms. The minimum Gasteiger partial charge on any atom is -0.496 e. The molecule has 1 rings (SSSR count). The van der Waals surface area contributed by atoms with Gasteiger partial charge in [0.2, 0.25) is 0 Å². The molecule has 0 unspecified atom stereocenters. The van der Waals surface area contributed by atoms with Crippen molar-refractivity contribution in [3.8, 4) is 5.75 Å². The smallest absolute Gasteiger partial charge is 0.335 e. The van der Waals surface area contributed by atoms with Gasteiger partial charge >= 0.3 is 11.9 Å². The van der Waals surface area contributed by atoms with E-state index in [1.54, 1.807) is 0 Å². The Morgan fingerprint density at radius 2 is 2.06 bits per heavy atom. The molecule has 0 aliphatic rings. The van der Waals surface area contributed by atoms with E-state index in [1.165, 1.54) is 37.5 Å². The van der Waals surface area contributed by atoms with E-state index in [2.05, 4.69) is 0 Å². The summed E-state index contributed by atoms with van der Waals surface area (Å²) in [6, 6.07) is 4.39. The average Bonchev–Trinajstić information content (AvgIpc) is 2.28. The van der Waals surface area contributed by atoms with E-state index in [9.17, 15) is 9.59 Å². The van der Waals surface area contributed by atoms with Gasteiger partial charge in [0.15, 0.2) is 0 Å². The topological polar surface area (TPSA) is 83.8 Å². The van der Waals surface area contributed by atoms with Gasteiger partial charge in [-0.3, -0.25) is 4.79 Å². The van der Waals surface area contributed by atoms with E-state index >= 15 is 0 Å². The highest BCUT2D eigenvalue weighted by Gasteiger charge is 2.06. The molecule has 0 radical (unpaired) electrons. The molecule has 0 saturated heterocycles. The van der Waals surface area contributed by atoms with Crippen LogP contribution in [0.25, 0.3) is 6.08 Å². The van der Waals surface area contributed by atoms with Crippen LogP contribution in [-0.2, 0) is 4.79 Å². The first kappa shape index (κ1) is 12.8. The second kappa shape index (κ2) is 5.69. The summed E-state index contributed by atoms with van der Waals surface area (Å²) in [5, 5.41) is 17.3. The lowest BCUT2D eigenvalue weighted by atomic mass is 10.1. The molecule has 0 saturated carbocycles. The van der Waals surface area contributed by atoms with Crippen molar-refractivity contribution in [1.29, 1.82) is 0 Å². The maximum absolute atomic E-state index is 10.8. The molecule has 0 heterocycles. The third-order valence-electron chi connectivity index (χ3n) is 2.07. The monoisotopic (exact) mass is 236 g/mol. The molecule has 0 fully saturated rings. The third kappa shape index (κ3) is 3.64. The fourth-order valence-corrected chi connectivity index (χ4v) is 1.28. The number of methoxy groups -OCH3 is 1. The highest BCUT2D eigenvalue weighted by Crippen LogP contribution is 2.21. The lowest BCUT2D eigenvalue weighted by Gasteiger charge is -2.05. The predicted molar refractivity (Wildman–Crippen MR) is 61.2 cm³/mol. The summed E-state index contributed by atoms with van der Waals surface area (Å²) in [7, 11) is 1.46. The maximum atomic E-state index is 10.8. The minimum absolute atomic E-state index is 0.125. The van der Waals surface area contributed by atoms with Crippen LogP contribution in [0.1, 0.15) is 22.3 Å². The predicted octanol–water partition coefficient (Wildman–Crippen LogP) is 1.88. The van der Waals surface area contributed by atoms with Gasteiger partial charge in [-0.25, -0.2) is 4.79 Å². The second-order valence-electron chi connectivity index (χ2n) is 3.26. The standard InChI is InChI=1S/C12H12O5/c1-17-10-6-5-9(12(15)16)7-8(10)3-2-4-11(13)14/h2-3,5-7H,4H2,1H3,(H,13,14)(H,15,16). The molecular weight excluding hydrogens is 224 g/mol. The molecule has 0 amide bonds. The highest BCUT2D eigenvalue weighted by molar-refractivity contribution is 5.89. The molecule has 0 aliphatic heterocycles. The van der Waals surface area contributed by atoms with Crippen molar-refractivity contribution >= 4 is 18.0 Å². The van der Waals surface area contributed by atoms with Gasteiger partial charge in [-0.2, -0.15) is 0 Å². The van der Waals surface area contributed by atoms with Crippen molar-refractivity contribution in [2.45, 2.75) is 6.42 Å². The van der Waals surface area contributed by atoms with Crippen LogP contribution < -0.4 is 4.74 Å². The first-order valence-corrected chi connectivity index (χ1v) is 4.84. The lowest BCUT2D eigenvalue weighted by molar-refractivity contribution is -0.135. The summed E-state index contributed by atoms with van der Waals surface area (Å²) >= 11 is 0. The van der Waals surface area contributed by atoms with Gasteiger partial charge in [0.1, 0.15) is 5.75 Å². The summed E-state index contributed by atoms with van der Waals surface area (Å²) in [4.78, 5) is 21.1. The number of carbonyl (C=O) groups is 2. The van der Waals surface area contributed by atoms with Gasteiger partial charge in [0, 0.05) is 5.56 Å². The van der Waals surface area contributed by atoms with E-state index < -0.39 is 11.9 Å². The van der Waals surface area contributed by atoms with Gasteiger partial charge in [-0.1, -0.05) is 12.2 Å². The molecule has 5 nitrogen and oxygen atoms in total. The van der Waals surface area contributed by atoms with Gasteiger partial charge in [-0.15, -0.1) is 0 Å². The summed E-state index contributed by atoms with van der Waals surface area (Å²) in [5.74, 6) is -1.49. The van der Waals surface area contributed by atoms with Crippen LogP contribution in [0.5, 0.6) is 5.75 Å². The molecular formula is C12H12O5. The largest absolute Gasteiger partial charge is 0.496 e. The fraction of sp³-hybridized carbons (Fsp3) is 0.167. The van der Waals surface area contributed by atoms with E-state index in [4.69, 9.17) is 14.9 Å². The number of hydrogen-bond acceptors (Lipinski definition) is 3. The Balaban J connectivity index is 3.01. The fourth-order valence-electron chi connectivity index (χ4n) is 1.28. The van der Waals surface area contributed by atoms with E-state index in [0.717, 1.165) is 0 Å². The molecule has 0 atom stereocenters.